The Balaban J connectivity index is 2.07. The number of nitrogens with one attached hydrogen (secondary N) is 1. The van der Waals surface area contributed by atoms with Gasteiger partial charge in [0.1, 0.15) is 11.7 Å². The molecule has 0 radical (unpaired) electrons. The SMILES string of the molecule is N#CC1CN(Cc2ccco2)C(=O)NC1=O. The molecule has 1 saturated heterocycles. The lowest BCUT2D eigenvalue weighted by atomic mass is 10.1. The summed E-state index contributed by atoms with van der Waals surface area (Å²) in [5.41, 5.74) is 0. The zero-order valence-corrected chi connectivity index (χ0v) is 8.34. The molecule has 1 atom stereocenters. The maximum atomic E-state index is 11.4. The first-order valence-electron chi connectivity index (χ1n) is 4.72. The van der Waals surface area contributed by atoms with E-state index in [0.717, 1.165) is 0 Å². The van der Waals surface area contributed by atoms with Crippen LogP contribution in [0.4, 0.5) is 4.79 Å². The Morgan fingerprint density at radius 3 is 3.06 bits per heavy atom. The van der Waals surface area contributed by atoms with Crippen LogP contribution in [0.1, 0.15) is 5.76 Å². The molecule has 1 aliphatic rings. The van der Waals surface area contributed by atoms with Gasteiger partial charge in [-0.1, -0.05) is 0 Å². The number of nitrogens with zero attached hydrogens (tertiary/aromatic N) is 2. The van der Waals surface area contributed by atoms with Gasteiger partial charge in [-0.15, -0.1) is 0 Å². The van der Waals surface area contributed by atoms with Crippen molar-refractivity contribution in [3.8, 4) is 6.07 Å². The van der Waals surface area contributed by atoms with Gasteiger partial charge in [0.2, 0.25) is 5.91 Å². The van der Waals surface area contributed by atoms with Gasteiger partial charge in [0, 0.05) is 6.54 Å². The predicted molar refractivity (Wildman–Crippen MR) is 51.8 cm³/mol. The van der Waals surface area contributed by atoms with Crippen LogP contribution in [0.15, 0.2) is 22.8 Å². The normalized spacial score (nSPS) is 20.4. The second kappa shape index (κ2) is 4.06. The van der Waals surface area contributed by atoms with Crippen molar-refractivity contribution in [2.24, 2.45) is 5.92 Å². The van der Waals surface area contributed by atoms with Crippen molar-refractivity contribution in [3.63, 3.8) is 0 Å². The zero-order chi connectivity index (χ0) is 11.5. The minimum atomic E-state index is -0.812. The van der Waals surface area contributed by atoms with Crippen LogP contribution in [0.5, 0.6) is 0 Å². The van der Waals surface area contributed by atoms with E-state index in [2.05, 4.69) is 5.32 Å². The average Bonchev–Trinajstić information content (AvgIpc) is 2.75. The topological polar surface area (TPSA) is 86.3 Å². The van der Waals surface area contributed by atoms with Crippen molar-refractivity contribution < 1.29 is 14.0 Å². The summed E-state index contributed by atoms with van der Waals surface area (Å²) in [4.78, 5) is 24.0. The van der Waals surface area contributed by atoms with Crippen LogP contribution in [0.2, 0.25) is 0 Å². The number of rotatable bonds is 2. The standard InChI is InChI=1S/C10H9N3O3/c11-4-7-5-13(10(15)12-9(7)14)6-8-2-1-3-16-8/h1-3,7H,5-6H2,(H,12,14,15). The molecular weight excluding hydrogens is 210 g/mol. The smallest absolute Gasteiger partial charge is 0.324 e. The van der Waals surface area contributed by atoms with Crippen molar-refractivity contribution >= 4 is 11.9 Å². The van der Waals surface area contributed by atoms with Crippen LogP contribution in [0.25, 0.3) is 0 Å². The monoisotopic (exact) mass is 219 g/mol. The van der Waals surface area contributed by atoms with Gasteiger partial charge in [0.05, 0.1) is 18.9 Å². The zero-order valence-electron chi connectivity index (χ0n) is 8.34. The Kier molecular flexibility index (Phi) is 2.60. The van der Waals surface area contributed by atoms with Crippen LogP contribution in [0.3, 0.4) is 0 Å². The van der Waals surface area contributed by atoms with Crippen molar-refractivity contribution in [1.29, 1.82) is 5.26 Å². The Morgan fingerprint density at radius 1 is 1.62 bits per heavy atom. The molecular formula is C10H9N3O3. The maximum Gasteiger partial charge on any atom is 0.324 e. The van der Waals surface area contributed by atoms with E-state index in [1.807, 2.05) is 6.07 Å². The average molecular weight is 219 g/mol. The molecule has 2 rings (SSSR count). The third-order valence-corrected chi connectivity index (χ3v) is 2.32. The molecule has 3 amide bonds. The molecule has 0 aromatic carbocycles. The molecule has 82 valence electrons. The van der Waals surface area contributed by atoms with Gasteiger partial charge in [-0.25, -0.2) is 4.79 Å². The summed E-state index contributed by atoms with van der Waals surface area (Å²) in [6.45, 7) is 0.353. The minimum absolute atomic E-state index is 0.0991. The van der Waals surface area contributed by atoms with Crippen molar-refractivity contribution in [3.05, 3.63) is 24.2 Å². The fourth-order valence-corrected chi connectivity index (χ4v) is 1.48. The van der Waals surface area contributed by atoms with E-state index >= 15 is 0 Å². The Hall–Kier alpha value is -2.29. The van der Waals surface area contributed by atoms with E-state index < -0.39 is 17.9 Å². The van der Waals surface area contributed by atoms with E-state index in [4.69, 9.17) is 9.68 Å². The van der Waals surface area contributed by atoms with Crippen molar-refractivity contribution in [1.82, 2.24) is 10.2 Å². The Bertz CT molecular complexity index is 446. The fraction of sp³-hybridized carbons (Fsp3) is 0.300. The van der Waals surface area contributed by atoms with E-state index in [1.54, 1.807) is 12.1 Å². The van der Waals surface area contributed by atoms with Gasteiger partial charge in [0.25, 0.3) is 0 Å². The Labute approximate surface area is 91.4 Å². The molecule has 1 aliphatic heterocycles. The lowest BCUT2D eigenvalue weighted by Gasteiger charge is -2.28. The fourth-order valence-electron chi connectivity index (χ4n) is 1.48. The second-order valence-corrected chi connectivity index (χ2v) is 3.44. The van der Waals surface area contributed by atoms with Gasteiger partial charge >= 0.3 is 6.03 Å². The minimum Gasteiger partial charge on any atom is -0.467 e. The quantitative estimate of drug-likeness (QED) is 0.783. The summed E-state index contributed by atoms with van der Waals surface area (Å²) < 4.78 is 5.09. The van der Waals surface area contributed by atoms with Crippen LogP contribution in [0, 0.1) is 17.2 Å². The lowest BCUT2D eigenvalue weighted by molar-refractivity contribution is -0.124. The molecule has 1 fully saturated rings. The number of nitriles is 1. The van der Waals surface area contributed by atoms with E-state index in [1.165, 1.54) is 11.2 Å². The van der Waals surface area contributed by atoms with Crippen LogP contribution in [-0.4, -0.2) is 23.4 Å². The number of imide groups is 1. The molecule has 0 bridgehead atoms. The van der Waals surface area contributed by atoms with Crippen molar-refractivity contribution in [2.75, 3.05) is 6.54 Å². The molecule has 16 heavy (non-hydrogen) atoms. The first kappa shape index (κ1) is 10.2. The highest BCUT2D eigenvalue weighted by Gasteiger charge is 2.32. The maximum absolute atomic E-state index is 11.4. The molecule has 0 saturated carbocycles. The van der Waals surface area contributed by atoms with Crippen LogP contribution < -0.4 is 5.32 Å². The number of hydrogen-bond donors (Lipinski definition) is 1. The Morgan fingerprint density at radius 2 is 2.44 bits per heavy atom. The number of carbonyl (C=O) groups is 2. The molecule has 0 aliphatic carbocycles. The van der Waals surface area contributed by atoms with Gasteiger partial charge in [-0.2, -0.15) is 5.26 Å². The van der Waals surface area contributed by atoms with E-state index in [-0.39, 0.29) is 13.1 Å². The summed E-state index contributed by atoms with van der Waals surface area (Å²) in [5.74, 6) is -0.739. The first-order chi connectivity index (χ1) is 7.70. The summed E-state index contributed by atoms with van der Waals surface area (Å²) >= 11 is 0. The number of amides is 3. The first-order valence-corrected chi connectivity index (χ1v) is 4.72. The largest absolute Gasteiger partial charge is 0.467 e. The van der Waals surface area contributed by atoms with Gasteiger partial charge in [-0.3, -0.25) is 10.1 Å². The highest BCUT2D eigenvalue weighted by atomic mass is 16.3. The second-order valence-electron chi connectivity index (χ2n) is 3.44. The predicted octanol–water partition coefficient (Wildman–Crippen LogP) is 0.471. The van der Waals surface area contributed by atoms with Crippen molar-refractivity contribution in [2.45, 2.75) is 6.54 Å². The highest BCUT2D eigenvalue weighted by molar-refractivity contribution is 5.99. The summed E-state index contributed by atoms with van der Waals surface area (Å²) in [6.07, 6.45) is 1.50. The molecule has 1 aromatic heterocycles. The van der Waals surface area contributed by atoms with Crippen LogP contribution in [-0.2, 0) is 11.3 Å². The lowest BCUT2D eigenvalue weighted by Crippen LogP contribution is -2.53. The number of furan rings is 1. The van der Waals surface area contributed by atoms with Gasteiger partial charge in [-0.05, 0) is 12.1 Å². The number of urea groups is 1. The molecule has 1 aromatic rings. The number of carbonyl (C=O) groups excluding carboxylic acids is 2. The van der Waals surface area contributed by atoms with E-state index in [9.17, 15) is 9.59 Å². The number of hydrogen-bond acceptors (Lipinski definition) is 4. The highest BCUT2D eigenvalue weighted by Crippen LogP contribution is 2.12. The summed E-state index contributed by atoms with van der Waals surface area (Å²) in [7, 11) is 0. The summed E-state index contributed by atoms with van der Waals surface area (Å²) in [6, 6.07) is 4.79. The molecule has 1 N–H and O–H groups in total. The molecule has 0 spiro atoms. The summed E-state index contributed by atoms with van der Waals surface area (Å²) in [5, 5.41) is 10.8. The van der Waals surface area contributed by atoms with Crippen LogP contribution >= 0.6 is 0 Å². The molecule has 6 nitrogen and oxygen atoms in total. The van der Waals surface area contributed by atoms with Gasteiger partial charge in [0.15, 0.2) is 0 Å². The van der Waals surface area contributed by atoms with Gasteiger partial charge < -0.3 is 9.32 Å². The molecule has 1 unspecified atom stereocenters. The molecule has 6 heteroatoms. The van der Waals surface area contributed by atoms with E-state index in [0.29, 0.717) is 5.76 Å². The third-order valence-electron chi connectivity index (χ3n) is 2.32. The molecule has 2 heterocycles. The third kappa shape index (κ3) is 1.88.